The van der Waals surface area contributed by atoms with E-state index in [1.807, 2.05) is 0 Å². The first-order valence-electron chi connectivity index (χ1n) is 23.2. The highest BCUT2D eigenvalue weighted by atomic mass is 31.2. The maximum Gasteiger partial charge on any atom is 0.472 e. The monoisotopic (exact) mass is 818 g/mol. The van der Waals surface area contributed by atoms with Gasteiger partial charge < -0.3 is 25.2 Å². The van der Waals surface area contributed by atoms with Crippen molar-refractivity contribution in [3.05, 3.63) is 12.2 Å². The summed E-state index contributed by atoms with van der Waals surface area (Å²) >= 11 is 0. The number of hydrogen-bond acceptors (Lipinski definition) is 8. The van der Waals surface area contributed by atoms with Gasteiger partial charge in [-0.15, -0.1) is 0 Å². The van der Waals surface area contributed by atoms with E-state index in [4.69, 9.17) is 29.4 Å². The van der Waals surface area contributed by atoms with Crippen LogP contribution in [0.3, 0.4) is 0 Å². The molecule has 0 aliphatic carbocycles. The van der Waals surface area contributed by atoms with Gasteiger partial charge in [0, 0.05) is 13.0 Å². The molecule has 0 saturated carbocycles. The number of rotatable bonds is 45. The molecule has 0 aliphatic rings. The Hall–Kier alpha value is -1.29. The van der Waals surface area contributed by atoms with Crippen LogP contribution in [-0.2, 0) is 32.7 Å². The summed E-state index contributed by atoms with van der Waals surface area (Å²) in [4.78, 5) is 33.6. The molecule has 56 heavy (non-hydrogen) atoms. The van der Waals surface area contributed by atoms with E-state index in [9.17, 15) is 19.0 Å². The Labute approximate surface area is 343 Å². The molecule has 332 valence electrons. The Morgan fingerprint density at radius 1 is 0.554 bits per heavy atom. The third kappa shape index (κ3) is 40.9. The molecule has 0 rings (SSSR count). The maximum absolute atomic E-state index is 12.6. The predicted molar refractivity (Wildman–Crippen MR) is 231 cm³/mol. The van der Waals surface area contributed by atoms with Crippen LogP contribution in [0.15, 0.2) is 12.2 Å². The number of nitrogens with two attached hydrogens (primary N) is 1. The molecule has 10 nitrogen and oxygen atoms in total. The van der Waals surface area contributed by atoms with Gasteiger partial charge in [-0.25, -0.2) is 4.57 Å². The minimum absolute atomic E-state index is 0.0185. The number of unbranched alkanes of at least 4 members (excludes halogenated alkanes) is 29. The molecule has 3 unspecified atom stereocenters. The molecule has 0 amide bonds. The predicted octanol–water partition coefficient (Wildman–Crippen LogP) is 12.9. The van der Waals surface area contributed by atoms with Crippen LogP contribution in [0, 0.1) is 0 Å². The van der Waals surface area contributed by atoms with Crippen LogP contribution in [0.5, 0.6) is 0 Å². The number of carboxylic acid groups (broad SMARTS) is 1. The number of phosphoric ester groups is 1. The highest BCUT2D eigenvalue weighted by molar-refractivity contribution is 7.47. The van der Waals surface area contributed by atoms with Crippen molar-refractivity contribution in [2.75, 3.05) is 26.4 Å². The number of carbonyl (C=O) groups excluding carboxylic acids is 1. The van der Waals surface area contributed by atoms with Gasteiger partial charge in [0.25, 0.3) is 0 Å². The smallest absolute Gasteiger partial charge is 0.472 e. The molecule has 0 heterocycles. The Kier molecular flexibility index (Phi) is 40.9. The van der Waals surface area contributed by atoms with Crippen LogP contribution in [-0.4, -0.2) is 60.5 Å². The largest absolute Gasteiger partial charge is 0.480 e. The number of aliphatic carboxylic acids is 1. The summed E-state index contributed by atoms with van der Waals surface area (Å²) in [6, 6.07) is -1.47. The minimum atomic E-state index is -4.61. The van der Waals surface area contributed by atoms with Gasteiger partial charge in [-0.05, 0) is 38.5 Å². The fourth-order valence-corrected chi connectivity index (χ4v) is 7.44. The summed E-state index contributed by atoms with van der Waals surface area (Å²) in [7, 11) is -4.61. The first-order chi connectivity index (χ1) is 27.2. The van der Waals surface area contributed by atoms with Crippen LogP contribution in [0.4, 0.5) is 0 Å². The van der Waals surface area contributed by atoms with E-state index in [1.54, 1.807) is 0 Å². The van der Waals surface area contributed by atoms with E-state index in [0.29, 0.717) is 6.61 Å². The molecule has 0 aliphatic heterocycles. The zero-order valence-corrected chi connectivity index (χ0v) is 37.1. The van der Waals surface area contributed by atoms with E-state index < -0.39 is 45.1 Å². The van der Waals surface area contributed by atoms with Gasteiger partial charge in [0.1, 0.15) is 12.1 Å². The molecule has 0 radical (unpaired) electrons. The fraction of sp³-hybridized carbons (Fsp3) is 0.911. The first-order valence-corrected chi connectivity index (χ1v) is 24.7. The van der Waals surface area contributed by atoms with Crippen molar-refractivity contribution in [1.82, 2.24) is 0 Å². The van der Waals surface area contributed by atoms with Crippen LogP contribution in [0.2, 0.25) is 0 Å². The highest BCUT2D eigenvalue weighted by Gasteiger charge is 2.27. The van der Waals surface area contributed by atoms with Crippen molar-refractivity contribution in [3.63, 3.8) is 0 Å². The summed E-state index contributed by atoms with van der Waals surface area (Å²) in [5, 5.41) is 8.90. The van der Waals surface area contributed by atoms with Crippen LogP contribution < -0.4 is 5.73 Å². The molecular weight excluding hydrogens is 729 g/mol. The third-order valence-electron chi connectivity index (χ3n) is 10.3. The molecule has 0 aromatic heterocycles. The molecule has 0 bridgehead atoms. The van der Waals surface area contributed by atoms with Crippen LogP contribution in [0.1, 0.15) is 226 Å². The van der Waals surface area contributed by atoms with Crippen molar-refractivity contribution in [2.45, 2.75) is 238 Å². The van der Waals surface area contributed by atoms with E-state index in [0.717, 1.165) is 44.9 Å². The third-order valence-corrected chi connectivity index (χ3v) is 11.2. The molecule has 0 fully saturated rings. The lowest BCUT2D eigenvalue weighted by Crippen LogP contribution is -2.34. The number of esters is 1. The topological polar surface area (TPSA) is 155 Å². The molecule has 4 N–H and O–H groups in total. The summed E-state index contributed by atoms with van der Waals surface area (Å²) < 4.78 is 33.4. The van der Waals surface area contributed by atoms with E-state index in [2.05, 4.69) is 26.0 Å². The average molecular weight is 818 g/mol. The van der Waals surface area contributed by atoms with Crippen molar-refractivity contribution in [1.29, 1.82) is 0 Å². The second-order valence-electron chi connectivity index (χ2n) is 15.9. The fourth-order valence-electron chi connectivity index (χ4n) is 6.66. The second kappa shape index (κ2) is 41.9. The minimum Gasteiger partial charge on any atom is -0.480 e. The number of ether oxygens (including phenoxy) is 2. The van der Waals surface area contributed by atoms with Gasteiger partial charge in [-0.2, -0.15) is 0 Å². The lowest BCUT2D eigenvalue weighted by molar-refractivity contribution is -0.154. The number of carbonyl (C=O) groups is 2. The Morgan fingerprint density at radius 2 is 0.929 bits per heavy atom. The van der Waals surface area contributed by atoms with Crippen molar-refractivity contribution in [3.8, 4) is 0 Å². The van der Waals surface area contributed by atoms with Gasteiger partial charge in [-0.3, -0.25) is 18.6 Å². The standard InChI is InChI=1S/C45H88NO9P/c1-3-5-7-9-11-13-15-17-19-21-23-25-27-29-31-33-35-37-44(47)55-42(40-53-56(50,51)54-41-43(46)45(48)49)39-52-38-36-34-32-30-28-26-24-22-20-18-16-14-12-10-8-6-4-2/h20,22,42-43H,3-19,21,23-41,46H2,1-2H3,(H,48,49)(H,50,51)/b22-20-. The molecule has 0 saturated heterocycles. The Morgan fingerprint density at radius 3 is 1.36 bits per heavy atom. The van der Waals surface area contributed by atoms with Gasteiger partial charge in [0.05, 0.1) is 19.8 Å². The van der Waals surface area contributed by atoms with Crippen molar-refractivity contribution in [2.24, 2.45) is 5.73 Å². The van der Waals surface area contributed by atoms with Gasteiger partial charge in [0.15, 0.2) is 0 Å². The number of hydrogen-bond donors (Lipinski definition) is 3. The normalized spacial score (nSPS) is 13.9. The molecule has 11 heteroatoms. The zero-order chi connectivity index (χ0) is 41.2. The molecule has 3 atom stereocenters. The zero-order valence-electron chi connectivity index (χ0n) is 36.2. The molecule has 0 aromatic rings. The van der Waals surface area contributed by atoms with Crippen LogP contribution >= 0.6 is 7.82 Å². The average Bonchev–Trinajstić information content (AvgIpc) is 3.18. The quantitative estimate of drug-likeness (QED) is 0.0234. The summed E-state index contributed by atoms with van der Waals surface area (Å²) in [6.45, 7) is 3.91. The van der Waals surface area contributed by atoms with Crippen LogP contribution in [0.25, 0.3) is 0 Å². The summed E-state index contributed by atoms with van der Waals surface area (Å²) in [6.07, 6.45) is 44.0. The Bertz CT molecular complexity index is 951. The second-order valence-corrected chi connectivity index (χ2v) is 17.3. The summed E-state index contributed by atoms with van der Waals surface area (Å²) in [5.74, 6) is -1.77. The lowest BCUT2D eigenvalue weighted by atomic mass is 10.0. The van der Waals surface area contributed by atoms with E-state index >= 15 is 0 Å². The SMILES string of the molecule is CCCCCCCCC/C=C\CCCCCCCCOCC(COP(=O)(O)OCC(N)C(=O)O)OC(=O)CCCCCCCCCCCCCCCCCCC. The number of phosphoric acid groups is 1. The highest BCUT2D eigenvalue weighted by Crippen LogP contribution is 2.43. The summed E-state index contributed by atoms with van der Waals surface area (Å²) in [5.41, 5.74) is 5.36. The number of carboxylic acids is 1. The van der Waals surface area contributed by atoms with Gasteiger partial charge >= 0.3 is 19.8 Å². The van der Waals surface area contributed by atoms with E-state index in [1.165, 1.54) is 161 Å². The van der Waals surface area contributed by atoms with Gasteiger partial charge in [0.2, 0.25) is 0 Å². The molecule has 0 aromatic carbocycles. The van der Waals surface area contributed by atoms with Crippen molar-refractivity contribution >= 4 is 19.8 Å². The van der Waals surface area contributed by atoms with E-state index in [-0.39, 0.29) is 13.0 Å². The molecule has 0 spiro atoms. The van der Waals surface area contributed by atoms with Crippen molar-refractivity contribution < 1.29 is 42.7 Å². The lowest BCUT2D eigenvalue weighted by Gasteiger charge is -2.20. The number of allylic oxidation sites excluding steroid dienone is 2. The Balaban J connectivity index is 4.18. The van der Waals surface area contributed by atoms with Gasteiger partial charge in [-0.1, -0.05) is 193 Å². The maximum atomic E-state index is 12.6. The first kappa shape index (κ1) is 54.7. The molecular formula is C45H88NO9P.